The van der Waals surface area contributed by atoms with E-state index in [9.17, 15) is 13.2 Å². The number of benzene rings is 1. The van der Waals surface area contributed by atoms with Crippen molar-refractivity contribution >= 4 is 22.0 Å². The molecule has 144 valence electrons. The van der Waals surface area contributed by atoms with E-state index in [0.29, 0.717) is 30.4 Å². The van der Waals surface area contributed by atoms with Crippen molar-refractivity contribution < 1.29 is 22.7 Å². The van der Waals surface area contributed by atoms with Gasteiger partial charge in [0.05, 0.1) is 37.4 Å². The van der Waals surface area contributed by atoms with E-state index in [-0.39, 0.29) is 17.4 Å². The first-order valence-corrected chi connectivity index (χ1v) is 10.5. The van der Waals surface area contributed by atoms with Crippen LogP contribution in [-0.2, 0) is 14.6 Å². The Bertz CT molecular complexity index is 759. The van der Waals surface area contributed by atoms with Crippen molar-refractivity contribution in [2.45, 2.75) is 26.7 Å². The van der Waals surface area contributed by atoms with Gasteiger partial charge >= 0.3 is 0 Å². The lowest BCUT2D eigenvalue weighted by Gasteiger charge is -2.12. The molecule has 1 aromatic carbocycles. The number of methoxy groups -OCH3 is 1. The summed E-state index contributed by atoms with van der Waals surface area (Å²) < 4.78 is 33.9. The molecule has 0 radical (unpaired) electrons. The Morgan fingerprint density at radius 2 is 2.15 bits per heavy atom. The summed E-state index contributed by atoms with van der Waals surface area (Å²) in [7, 11) is -1.52. The first kappa shape index (κ1) is 20.2. The van der Waals surface area contributed by atoms with Crippen LogP contribution in [0.5, 0.6) is 11.5 Å². The average Bonchev–Trinajstić information content (AvgIpc) is 2.95. The summed E-state index contributed by atoms with van der Waals surface area (Å²) in [5.41, 5.74) is 3.14. The fourth-order valence-corrected chi connectivity index (χ4v) is 4.29. The van der Waals surface area contributed by atoms with Crippen molar-refractivity contribution in [2.75, 3.05) is 25.2 Å². The lowest BCUT2D eigenvalue weighted by atomic mass is 10.1. The number of carbonyl (C=O) groups is 1. The number of rotatable bonds is 8. The summed E-state index contributed by atoms with van der Waals surface area (Å²) >= 11 is 0. The van der Waals surface area contributed by atoms with Crippen LogP contribution in [0.15, 0.2) is 23.3 Å². The maximum atomic E-state index is 11.9. The van der Waals surface area contributed by atoms with Crippen LogP contribution in [0.2, 0.25) is 0 Å². The second-order valence-corrected chi connectivity index (χ2v) is 9.00. The molecule has 1 amide bonds. The second-order valence-electron chi connectivity index (χ2n) is 6.78. The van der Waals surface area contributed by atoms with Crippen LogP contribution in [0.1, 0.15) is 32.3 Å². The van der Waals surface area contributed by atoms with E-state index in [1.54, 1.807) is 19.2 Å². The van der Waals surface area contributed by atoms with Gasteiger partial charge in [0, 0.05) is 0 Å². The van der Waals surface area contributed by atoms with Gasteiger partial charge in [-0.15, -0.1) is 0 Å². The van der Waals surface area contributed by atoms with Crippen molar-refractivity contribution in [3.8, 4) is 11.5 Å². The average molecular weight is 382 g/mol. The number of hydrogen-bond donors (Lipinski definition) is 1. The maximum absolute atomic E-state index is 11.9. The summed E-state index contributed by atoms with van der Waals surface area (Å²) in [5, 5.41) is 3.91. The third-order valence-corrected chi connectivity index (χ3v) is 5.90. The zero-order chi connectivity index (χ0) is 19.2. The fourth-order valence-electron chi connectivity index (χ4n) is 2.55. The van der Waals surface area contributed by atoms with Gasteiger partial charge in [0.15, 0.2) is 21.3 Å². The first-order valence-electron chi connectivity index (χ1n) is 8.65. The molecule has 1 aromatic rings. The van der Waals surface area contributed by atoms with Gasteiger partial charge in [-0.25, -0.2) is 13.8 Å². The topological polar surface area (TPSA) is 94.1 Å². The lowest BCUT2D eigenvalue weighted by Crippen LogP contribution is -2.27. The monoisotopic (exact) mass is 382 g/mol. The van der Waals surface area contributed by atoms with E-state index in [0.717, 1.165) is 12.0 Å². The third kappa shape index (κ3) is 6.01. The summed E-state index contributed by atoms with van der Waals surface area (Å²) in [6.07, 6.45) is 2.79. The first-order chi connectivity index (χ1) is 12.3. The smallest absolute Gasteiger partial charge is 0.244 e. The van der Waals surface area contributed by atoms with Gasteiger partial charge in [0.25, 0.3) is 0 Å². The minimum Gasteiger partial charge on any atom is -0.493 e. The lowest BCUT2D eigenvalue weighted by molar-refractivity contribution is -0.124. The Morgan fingerprint density at radius 1 is 1.38 bits per heavy atom. The van der Waals surface area contributed by atoms with E-state index in [2.05, 4.69) is 24.4 Å². The summed E-state index contributed by atoms with van der Waals surface area (Å²) in [4.78, 5) is 11.9. The number of carbonyl (C=O) groups excluding carboxylic acids is 1. The van der Waals surface area contributed by atoms with E-state index >= 15 is 0 Å². The molecule has 1 saturated heterocycles. The Labute approximate surface area is 154 Å². The van der Waals surface area contributed by atoms with Gasteiger partial charge < -0.3 is 9.47 Å². The molecule has 0 unspecified atom stereocenters. The van der Waals surface area contributed by atoms with Crippen LogP contribution in [0.3, 0.4) is 0 Å². The highest BCUT2D eigenvalue weighted by Crippen LogP contribution is 2.28. The molecular weight excluding hydrogens is 356 g/mol. The number of nitrogens with one attached hydrogen (secondary N) is 1. The molecule has 26 heavy (non-hydrogen) atoms. The standard InChI is InChI=1S/C18H26N2O5S/c1-13(2)6-8-25-16-5-4-14(10-17(16)24-3)11-19-20-18(21)15-7-9-26(22,23)12-15/h4-5,10-11,13,15H,6-9,12H2,1-3H3,(H,20,21)/b19-11-/t15-/m1/s1. The molecule has 0 spiro atoms. The Morgan fingerprint density at radius 3 is 2.77 bits per heavy atom. The summed E-state index contributed by atoms with van der Waals surface area (Å²) in [6.45, 7) is 4.88. The molecule has 0 aliphatic carbocycles. The van der Waals surface area contributed by atoms with E-state index in [1.165, 1.54) is 6.21 Å². The van der Waals surface area contributed by atoms with Crippen LogP contribution < -0.4 is 14.9 Å². The molecule has 1 heterocycles. The zero-order valence-corrected chi connectivity index (χ0v) is 16.2. The van der Waals surface area contributed by atoms with Crippen molar-refractivity contribution in [1.82, 2.24) is 5.43 Å². The Kier molecular flexibility index (Phi) is 7.02. The van der Waals surface area contributed by atoms with Crippen molar-refractivity contribution in [1.29, 1.82) is 0 Å². The molecule has 0 bridgehead atoms. The van der Waals surface area contributed by atoms with E-state index in [1.807, 2.05) is 6.07 Å². The number of amides is 1. The molecule has 1 aliphatic rings. The molecule has 1 atom stereocenters. The number of ether oxygens (including phenoxy) is 2. The van der Waals surface area contributed by atoms with Crippen LogP contribution in [0.25, 0.3) is 0 Å². The molecule has 8 heteroatoms. The van der Waals surface area contributed by atoms with Crippen LogP contribution in [0.4, 0.5) is 0 Å². The largest absolute Gasteiger partial charge is 0.493 e. The minimum absolute atomic E-state index is 0.0598. The predicted molar refractivity (Wildman–Crippen MR) is 100 cm³/mol. The van der Waals surface area contributed by atoms with Gasteiger partial charge in [0.1, 0.15) is 0 Å². The van der Waals surface area contributed by atoms with Gasteiger partial charge in [0.2, 0.25) is 5.91 Å². The highest BCUT2D eigenvalue weighted by atomic mass is 32.2. The number of nitrogens with zero attached hydrogens (tertiary/aromatic N) is 1. The molecule has 7 nitrogen and oxygen atoms in total. The number of sulfone groups is 1. The van der Waals surface area contributed by atoms with Crippen LogP contribution in [-0.4, -0.2) is 45.8 Å². The predicted octanol–water partition coefficient (Wildman–Crippen LogP) is 2.00. The number of hydrazone groups is 1. The van der Waals surface area contributed by atoms with Crippen molar-refractivity contribution in [3.63, 3.8) is 0 Å². The summed E-state index contributed by atoms with van der Waals surface area (Å²) in [5.74, 6) is 0.864. The zero-order valence-electron chi connectivity index (χ0n) is 15.4. The molecular formula is C18H26N2O5S. The quantitative estimate of drug-likeness (QED) is 0.548. The van der Waals surface area contributed by atoms with Gasteiger partial charge in [-0.05, 0) is 42.5 Å². The highest BCUT2D eigenvalue weighted by molar-refractivity contribution is 7.91. The fraction of sp³-hybridized carbons (Fsp3) is 0.556. The molecule has 0 aromatic heterocycles. The SMILES string of the molecule is COc1cc(/C=N\NC(=O)[C@@H]2CCS(=O)(=O)C2)ccc1OCCC(C)C. The molecule has 1 N–H and O–H groups in total. The Balaban J connectivity index is 1.92. The summed E-state index contributed by atoms with van der Waals surface area (Å²) in [6, 6.07) is 5.37. The molecule has 1 aliphatic heterocycles. The van der Waals surface area contributed by atoms with E-state index in [4.69, 9.17) is 9.47 Å². The second kappa shape index (κ2) is 9.02. The minimum atomic E-state index is -3.09. The van der Waals surface area contributed by atoms with Gasteiger partial charge in [-0.1, -0.05) is 13.8 Å². The molecule has 2 rings (SSSR count). The maximum Gasteiger partial charge on any atom is 0.244 e. The van der Waals surface area contributed by atoms with Crippen LogP contribution in [0, 0.1) is 11.8 Å². The van der Waals surface area contributed by atoms with Crippen LogP contribution >= 0.6 is 0 Å². The van der Waals surface area contributed by atoms with E-state index < -0.39 is 15.8 Å². The molecule has 0 saturated carbocycles. The highest BCUT2D eigenvalue weighted by Gasteiger charge is 2.32. The molecule has 1 fully saturated rings. The van der Waals surface area contributed by atoms with Crippen molar-refractivity contribution in [3.05, 3.63) is 23.8 Å². The Hall–Kier alpha value is -2.09. The third-order valence-electron chi connectivity index (χ3n) is 4.13. The normalized spacial score (nSPS) is 19.0. The van der Waals surface area contributed by atoms with Gasteiger partial charge in [-0.3, -0.25) is 4.79 Å². The van der Waals surface area contributed by atoms with Crippen molar-refractivity contribution in [2.24, 2.45) is 16.9 Å². The number of hydrogen-bond acceptors (Lipinski definition) is 6. The van der Waals surface area contributed by atoms with Gasteiger partial charge in [-0.2, -0.15) is 5.10 Å².